The number of thioether (sulfide) groups is 1. The molecule has 1 aromatic heterocycles. The summed E-state index contributed by atoms with van der Waals surface area (Å²) < 4.78 is 1.94. The van der Waals surface area contributed by atoms with Crippen LogP contribution < -0.4 is 5.48 Å². The number of carbonyl (C=O) groups excluding carboxylic acids is 1. The Bertz CT molecular complexity index is 416. The summed E-state index contributed by atoms with van der Waals surface area (Å²) >= 11 is 1.37. The van der Waals surface area contributed by atoms with Gasteiger partial charge in [-0.1, -0.05) is 24.6 Å². The first-order chi connectivity index (χ1) is 9.16. The van der Waals surface area contributed by atoms with Gasteiger partial charge in [0, 0.05) is 6.04 Å². The number of amides is 1. The Morgan fingerprint density at radius 2 is 2.32 bits per heavy atom. The zero-order chi connectivity index (χ0) is 13.7. The molecular formula is C12H20N4O2S. The summed E-state index contributed by atoms with van der Waals surface area (Å²) in [5.74, 6) is 0.160. The molecule has 1 saturated carbocycles. The quantitative estimate of drug-likeness (QED) is 0.638. The minimum atomic E-state index is -0.129. The second kappa shape index (κ2) is 6.91. The summed E-state index contributed by atoms with van der Waals surface area (Å²) in [6.45, 7) is 4.10. The molecular weight excluding hydrogens is 264 g/mol. The number of carbonyl (C=O) groups is 1. The van der Waals surface area contributed by atoms with E-state index in [1.807, 2.05) is 4.57 Å². The molecule has 0 unspecified atom stereocenters. The third kappa shape index (κ3) is 4.21. The highest BCUT2D eigenvalue weighted by Crippen LogP contribution is 2.20. The van der Waals surface area contributed by atoms with Crippen molar-refractivity contribution in [1.29, 1.82) is 0 Å². The van der Waals surface area contributed by atoms with Crippen LogP contribution in [0.15, 0.2) is 11.5 Å². The Hall–Kier alpha value is -1.08. The highest BCUT2D eigenvalue weighted by atomic mass is 32.2. The van der Waals surface area contributed by atoms with Crippen LogP contribution in [0.2, 0.25) is 0 Å². The van der Waals surface area contributed by atoms with E-state index in [1.54, 1.807) is 6.33 Å². The number of nitrogens with zero attached hydrogens (tertiary/aromatic N) is 3. The van der Waals surface area contributed by atoms with Gasteiger partial charge >= 0.3 is 0 Å². The van der Waals surface area contributed by atoms with Crippen LogP contribution in [0.1, 0.15) is 45.6 Å². The van der Waals surface area contributed by atoms with E-state index >= 15 is 0 Å². The molecule has 1 aliphatic carbocycles. The van der Waals surface area contributed by atoms with Crippen molar-refractivity contribution >= 4 is 17.7 Å². The van der Waals surface area contributed by atoms with Crippen LogP contribution in [-0.2, 0) is 9.63 Å². The molecule has 7 heteroatoms. The number of hydrogen-bond donors (Lipinski definition) is 1. The molecule has 6 nitrogen and oxygen atoms in total. The van der Waals surface area contributed by atoms with Gasteiger partial charge in [0.2, 0.25) is 0 Å². The average molecular weight is 284 g/mol. The van der Waals surface area contributed by atoms with Gasteiger partial charge in [0.25, 0.3) is 5.91 Å². The van der Waals surface area contributed by atoms with Gasteiger partial charge in [-0.2, -0.15) is 0 Å². The molecule has 1 aliphatic rings. The maximum absolute atomic E-state index is 11.7. The predicted molar refractivity (Wildman–Crippen MR) is 72.6 cm³/mol. The van der Waals surface area contributed by atoms with Crippen LogP contribution in [0.3, 0.4) is 0 Å². The van der Waals surface area contributed by atoms with Crippen LogP contribution in [0.25, 0.3) is 0 Å². The van der Waals surface area contributed by atoms with Crippen molar-refractivity contribution in [3.63, 3.8) is 0 Å². The van der Waals surface area contributed by atoms with E-state index < -0.39 is 0 Å². The fourth-order valence-electron chi connectivity index (χ4n) is 2.00. The lowest BCUT2D eigenvalue weighted by molar-refractivity contribution is -0.135. The predicted octanol–water partition coefficient (Wildman–Crippen LogP) is 1.94. The van der Waals surface area contributed by atoms with E-state index in [9.17, 15) is 4.79 Å². The Kier molecular flexibility index (Phi) is 5.21. The number of nitrogens with one attached hydrogen (secondary N) is 1. The molecule has 0 bridgehead atoms. The first-order valence-corrected chi connectivity index (χ1v) is 7.62. The highest BCUT2D eigenvalue weighted by Gasteiger charge is 2.17. The molecule has 0 spiro atoms. The second-order valence-electron chi connectivity index (χ2n) is 4.95. The van der Waals surface area contributed by atoms with Crippen LogP contribution in [0, 0.1) is 0 Å². The summed E-state index contributed by atoms with van der Waals surface area (Å²) in [7, 11) is 0. The monoisotopic (exact) mass is 284 g/mol. The minimum Gasteiger partial charge on any atom is -0.306 e. The highest BCUT2D eigenvalue weighted by molar-refractivity contribution is 7.99. The molecule has 1 amide bonds. The van der Waals surface area contributed by atoms with Gasteiger partial charge in [0.1, 0.15) is 6.33 Å². The molecule has 1 N–H and O–H groups in total. The van der Waals surface area contributed by atoms with Crippen LogP contribution in [0.5, 0.6) is 0 Å². The van der Waals surface area contributed by atoms with E-state index in [2.05, 4.69) is 29.5 Å². The van der Waals surface area contributed by atoms with Crippen molar-refractivity contribution < 1.29 is 9.63 Å². The fraction of sp³-hybridized carbons (Fsp3) is 0.750. The number of aromatic nitrogens is 3. The van der Waals surface area contributed by atoms with Gasteiger partial charge in [0.15, 0.2) is 5.16 Å². The average Bonchev–Trinajstić information content (AvgIpc) is 3.04. The van der Waals surface area contributed by atoms with E-state index in [0.717, 1.165) is 18.0 Å². The molecule has 19 heavy (non-hydrogen) atoms. The molecule has 1 fully saturated rings. The number of hydrogen-bond acceptors (Lipinski definition) is 5. The largest absolute Gasteiger partial charge is 0.306 e. The molecule has 1 heterocycles. The van der Waals surface area contributed by atoms with Crippen LogP contribution in [-0.4, -0.2) is 32.5 Å². The SMILES string of the molecule is CC(C)n1cnnc1SCC(=O)NOC1CCCC1. The smallest absolute Gasteiger partial charge is 0.254 e. The van der Waals surface area contributed by atoms with Gasteiger partial charge in [-0.05, 0) is 26.7 Å². The third-order valence-electron chi connectivity index (χ3n) is 3.07. The van der Waals surface area contributed by atoms with Crippen molar-refractivity contribution in [3.05, 3.63) is 6.33 Å². The van der Waals surface area contributed by atoms with Gasteiger partial charge in [-0.25, -0.2) is 5.48 Å². The summed E-state index contributed by atoms with van der Waals surface area (Å²) in [4.78, 5) is 17.0. The number of hydroxylamine groups is 1. The summed E-state index contributed by atoms with van der Waals surface area (Å²) in [6.07, 6.45) is 6.32. The Labute approximate surface area is 117 Å². The topological polar surface area (TPSA) is 69.0 Å². The second-order valence-corrected chi connectivity index (χ2v) is 5.90. The third-order valence-corrected chi connectivity index (χ3v) is 4.03. The Balaban J connectivity index is 1.72. The molecule has 0 atom stereocenters. The lowest BCUT2D eigenvalue weighted by Crippen LogP contribution is -2.29. The van der Waals surface area contributed by atoms with Crippen molar-refractivity contribution in [2.24, 2.45) is 0 Å². The van der Waals surface area contributed by atoms with Crippen molar-refractivity contribution in [2.75, 3.05) is 5.75 Å². The van der Waals surface area contributed by atoms with Crippen molar-refractivity contribution in [3.8, 4) is 0 Å². The van der Waals surface area contributed by atoms with Gasteiger partial charge < -0.3 is 4.57 Å². The van der Waals surface area contributed by atoms with Gasteiger partial charge in [-0.3, -0.25) is 9.63 Å². The number of rotatable bonds is 6. The lowest BCUT2D eigenvalue weighted by atomic mass is 10.3. The minimum absolute atomic E-state index is 0.129. The van der Waals surface area contributed by atoms with E-state index in [0.29, 0.717) is 0 Å². The molecule has 0 radical (unpaired) electrons. The normalized spacial score (nSPS) is 16.2. The molecule has 0 aromatic carbocycles. The lowest BCUT2D eigenvalue weighted by Gasteiger charge is -2.12. The zero-order valence-electron chi connectivity index (χ0n) is 11.3. The Morgan fingerprint density at radius 1 is 1.58 bits per heavy atom. The van der Waals surface area contributed by atoms with Gasteiger partial charge in [-0.15, -0.1) is 10.2 Å². The van der Waals surface area contributed by atoms with E-state index in [1.165, 1.54) is 24.6 Å². The van der Waals surface area contributed by atoms with E-state index in [-0.39, 0.29) is 23.8 Å². The summed E-state index contributed by atoms with van der Waals surface area (Å²) in [6, 6.07) is 0.287. The maximum Gasteiger partial charge on any atom is 0.254 e. The summed E-state index contributed by atoms with van der Waals surface area (Å²) in [5.41, 5.74) is 2.52. The Morgan fingerprint density at radius 3 is 3.00 bits per heavy atom. The summed E-state index contributed by atoms with van der Waals surface area (Å²) in [5, 5.41) is 8.62. The fourth-order valence-corrected chi connectivity index (χ4v) is 2.84. The van der Waals surface area contributed by atoms with E-state index in [4.69, 9.17) is 4.84 Å². The molecule has 0 aliphatic heterocycles. The first kappa shape index (κ1) is 14.3. The van der Waals surface area contributed by atoms with Crippen LogP contribution >= 0.6 is 11.8 Å². The van der Waals surface area contributed by atoms with Crippen molar-refractivity contribution in [1.82, 2.24) is 20.2 Å². The molecule has 106 valence electrons. The molecule has 0 saturated heterocycles. The molecule has 2 rings (SSSR count). The maximum atomic E-state index is 11.7. The van der Waals surface area contributed by atoms with Crippen molar-refractivity contribution in [2.45, 2.75) is 56.8 Å². The zero-order valence-corrected chi connectivity index (χ0v) is 12.2. The first-order valence-electron chi connectivity index (χ1n) is 6.63. The standard InChI is InChI=1S/C12H20N4O2S/c1-9(2)16-8-13-14-12(16)19-7-11(17)15-18-10-5-3-4-6-10/h8-10H,3-7H2,1-2H3,(H,15,17). The molecule has 1 aromatic rings. The van der Waals surface area contributed by atoms with Crippen LogP contribution in [0.4, 0.5) is 0 Å². The van der Waals surface area contributed by atoms with Gasteiger partial charge in [0.05, 0.1) is 11.9 Å².